The van der Waals surface area contributed by atoms with Crippen molar-refractivity contribution in [3.05, 3.63) is 18.2 Å². The van der Waals surface area contributed by atoms with Gasteiger partial charge in [0.1, 0.15) is 6.61 Å². The second kappa shape index (κ2) is 6.75. The highest BCUT2D eigenvalue weighted by Gasteiger charge is 2.16. The number of benzene rings is 1. The second-order valence-corrected chi connectivity index (χ2v) is 5.18. The van der Waals surface area contributed by atoms with Crippen molar-refractivity contribution < 1.29 is 14.2 Å². The molecule has 0 saturated carbocycles. The van der Waals surface area contributed by atoms with Crippen molar-refractivity contribution in [1.29, 1.82) is 0 Å². The molecule has 1 aromatic carbocycles. The third kappa shape index (κ3) is 3.23. The Hall–Kier alpha value is -1.07. The number of thioether (sulfide) groups is 1. The first-order valence-electron chi connectivity index (χ1n) is 6.00. The zero-order chi connectivity index (χ0) is 12.8. The zero-order valence-corrected chi connectivity index (χ0v) is 11.6. The van der Waals surface area contributed by atoms with Crippen LogP contribution in [0.3, 0.4) is 0 Å². The molecular formula is C13H19NO3S. The molecule has 100 valence electrons. The predicted molar refractivity (Wildman–Crippen MR) is 74.2 cm³/mol. The standard InChI is InChI=1S/C13H19NO3S/c1-15-11-4-3-5-12(13(11)16-2)17-8-10-9-18-7-6-14-10/h3-5,10,14H,6-9H2,1-2H3. The lowest BCUT2D eigenvalue weighted by molar-refractivity contribution is 0.256. The normalized spacial score (nSPS) is 19.3. The van der Waals surface area contributed by atoms with Crippen molar-refractivity contribution in [2.75, 3.05) is 38.9 Å². The van der Waals surface area contributed by atoms with Gasteiger partial charge < -0.3 is 19.5 Å². The number of para-hydroxylation sites is 1. The molecule has 0 amide bonds. The first kappa shape index (κ1) is 13.4. The minimum absolute atomic E-state index is 0.402. The van der Waals surface area contributed by atoms with E-state index >= 15 is 0 Å². The molecule has 1 aliphatic rings. The van der Waals surface area contributed by atoms with E-state index in [4.69, 9.17) is 14.2 Å². The summed E-state index contributed by atoms with van der Waals surface area (Å²) in [5, 5.41) is 3.44. The number of rotatable bonds is 5. The van der Waals surface area contributed by atoms with Crippen LogP contribution in [-0.2, 0) is 0 Å². The fourth-order valence-electron chi connectivity index (χ4n) is 1.89. The van der Waals surface area contributed by atoms with Crippen LogP contribution in [0.2, 0.25) is 0 Å². The minimum Gasteiger partial charge on any atom is -0.493 e. The third-order valence-corrected chi connectivity index (χ3v) is 3.94. The van der Waals surface area contributed by atoms with Gasteiger partial charge in [0.05, 0.1) is 20.3 Å². The van der Waals surface area contributed by atoms with Gasteiger partial charge in [-0.2, -0.15) is 11.8 Å². The van der Waals surface area contributed by atoms with Gasteiger partial charge >= 0.3 is 0 Å². The van der Waals surface area contributed by atoms with Gasteiger partial charge in [-0.15, -0.1) is 0 Å². The zero-order valence-electron chi connectivity index (χ0n) is 10.8. The van der Waals surface area contributed by atoms with Gasteiger partial charge in [-0.05, 0) is 12.1 Å². The fourth-order valence-corrected chi connectivity index (χ4v) is 2.82. The summed E-state index contributed by atoms with van der Waals surface area (Å²) in [6.45, 7) is 1.70. The molecule has 0 spiro atoms. The molecule has 1 heterocycles. The first-order chi connectivity index (χ1) is 8.85. The average Bonchev–Trinajstić information content (AvgIpc) is 2.45. The number of hydrogen-bond acceptors (Lipinski definition) is 5. The van der Waals surface area contributed by atoms with E-state index in [1.807, 2.05) is 30.0 Å². The van der Waals surface area contributed by atoms with E-state index < -0.39 is 0 Å². The van der Waals surface area contributed by atoms with E-state index in [2.05, 4.69) is 5.32 Å². The molecule has 0 aromatic heterocycles. The Balaban J connectivity index is 1.99. The maximum atomic E-state index is 5.83. The van der Waals surface area contributed by atoms with Gasteiger partial charge in [-0.3, -0.25) is 0 Å². The Labute approximate surface area is 112 Å². The van der Waals surface area contributed by atoms with E-state index in [0.29, 0.717) is 24.1 Å². The lowest BCUT2D eigenvalue weighted by Crippen LogP contribution is -2.41. The van der Waals surface area contributed by atoms with E-state index in [9.17, 15) is 0 Å². The van der Waals surface area contributed by atoms with Crippen LogP contribution in [0.15, 0.2) is 18.2 Å². The summed E-state index contributed by atoms with van der Waals surface area (Å²) >= 11 is 1.96. The van der Waals surface area contributed by atoms with Crippen molar-refractivity contribution in [2.24, 2.45) is 0 Å². The lowest BCUT2D eigenvalue weighted by atomic mass is 10.3. The summed E-state index contributed by atoms with van der Waals surface area (Å²) in [4.78, 5) is 0. The Kier molecular flexibility index (Phi) is 5.01. The van der Waals surface area contributed by atoms with Crippen molar-refractivity contribution in [2.45, 2.75) is 6.04 Å². The lowest BCUT2D eigenvalue weighted by Gasteiger charge is -2.23. The monoisotopic (exact) mass is 269 g/mol. The van der Waals surface area contributed by atoms with Crippen molar-refractivity contribution >= 4 is 11.8 Å². The number of ether oxygens (including phenoxy) is 3. The summed E-state index contributed by atoms with van der Waals surface area (Å²) in [6, 6.07) is 6.07. The molecule has 4 nitrogen and oxygen atoms in total. The third-order valence-electron chi connectivity index (χ3n) is 2.81. The maximum absolute atomic E-state index is 5.83. The Bertz CT molecular complexity index is 380. The molecule has 1 aliphatic heterocycles. The molecule has 1 aromatic rings. The molecule has 5 heteroatoms. The van der Waals surface area contributed by atoms with Crippen LogP contribution in [0.1, 0.15) is 0 Å². The van der Waals surface area contributed by atoms with Crippen molar-refractivity contribution in [1.82, 2.24) is 5.32 Å². The maximum Gasteiger partial charge on any atom is 0.203 e. The quantitative estimate of drug-likeness (QED) is 0.882. The van der Waals surface area contributed by atoms with E-state index in [1.54, 1.807) is 14.2 Å². The SMILES string of the molecule is COc1cccc(OCC2CSCCN2)c1OC. The van der Waals surface area contributed by atoms with Crippen LogP contribution in [0.5, 0.6) is 17.2 Å². The van der Waals surface area contributed by atoms with Crippen LogP contribution in [0.4, 0.5) is 0 Å². The topological polar surface area (TPSA) is 39.7 Å². The van der Waals surface area contributed by atoms with Crippen LogP contribution in [0, 0.1) is 0 Å². The van der Waals surface area contributed by atoms with Gasteiger partial charge in [-0.1, -0.05) is 6.07 Å². The molecule has 1 saturated heterocycles. The molecule has 1 unspecified atom stereocenters. The largest absolute Gasteiger partial charge is 0.493 e. The number of nitrogens with one attached hydrogen (secondary N) is 1. The van der Waals surface area contributed by atoms with E-state index in [0.717, 1.165) is 18.0 Å². The highest BCUT2D eigenvalue weighted by Crippen LogP contribution is 2.36. The highest BCUT2D eigenvalue weighted by molar-refractivity contribution is 7.99. The minimum atomic E-state index is 0.402. The van der Waals surface area contributed by atoms with Crippen LogP contribution >= 0.6 is 11.8 Å². The van der Waals surface area contributed by atoms with Gasteiger partial charge in [0.15, 0.2) is 11.5 Å². The Morgan fingerprint density at radius 2 is 2.11 bits per heavy atom. The summed E-state index contributed by atoms with van der Waals surface area (Å²) in [5.74, 6) is 4.35. The Morgan fingerprint density at radius 3 is 2.78 bits per heavy atom. The molecule has 2 rings (SSSR count). The van der Waals surface area contributed by atoms with Crippen molar-refractivity contribution in [3.8, 4) is 17.2 Å². The Morgan fingerprint density at radius 1 is 1.28 bits per heavy atom. The summed E-state index contributed by atoms with van der Waals surface area (Å²) in [7, 11) is 3.25. The van der Waals surface area contributed by atoms with Crippen LogP contribution in [-0.4, -0.2) is 44.9 Å². The van der Waals surface area contributed by atoms with Gasteiger partial charge in [-0.25, -0.2) is 0 Å². The molecule has 0 bridgehead atoms. The molecule has 1 atom stereocenters. The number of hydrogen-bond donors (Lipinski definition) is 1. The summed E-state index contributed by atoms with van der Waals surface area (Å²) < 4.78 is 16.4. The fraction of sp³-hybridized carbons (Fsp3) is 0.538. The van der Waals surface area contributed by atoms with E-state index in [1.165, 1.54) is 5.75 Å². The molecule has 1 fully saturated rings. The smallest absolute Gasteiger partial charge is 0.203 e. The van der Waals surface area contributed by atoms with Gasteiger partial charge in [0.2, 0.25) is 5.75 Å². The highest BCUT2D eigenvalue weighted by atomic mass is 32.2. The molecule has 1 N–H and O–H groups in total. The number of methoxy groups -OCH3 is 2. The summed E-state index contributed by atoms with van der Waals surface area (Å²) in [5.41, 5.74) is 0. The van der Waals surface area contributed by atoms with E-state index in [-0.39, 0.29) is 0 Å². The van der Waals surface area contributed by atoms with Gasteiger partial charge in [0.25, 0.3) is 0 Å². The average molecular weight is 269 g/mol. The van der Waals surface area contributed by atoms with Gasteiger partial charge in [0, 0.05) is 18.1 Å². The van der Waals surface area contributed by atoms with Crippen molar-refractivity contribution in [3.63, 3.8) is 0 Å². The van der Waals surface area contributed by atoms with Crippen LogP contribution < -0.4 is 19.5 Å². The first-order valence-corrected chi connectivity index (χ1v) is 7.15. The molecule has 18 heavy (non-hydrogen) atoms. The molecule has 0 aliphatic carbocycles. The molecular weight excluding hydrogens is 250 g/mol. The molecule has 0 radical (unpaired) electrons. The second-order valence-electron chi connectivity index (χ2n) is 4.03. The van der Waals surface area contributed by atoms with Crippen LogP contribution in [0.25, 0.3) is 0 Å². The summed E-state index contributed by atoms with van der Waals surface area (Å²) in [6.07, 6.45) is 0. The predicted octanol–water partition coefficient (Wildman–Crippen LogP) is 1.79.